The summed E-state index contributed by atoms with van der Waals surface area (Å²) in [6, 6.07) is 3.80. The van der Waals surface area contributed by atoms with Gasteiger partial charge in [-0.15, -0.1) is 0 Å². The van der Waals surface area contributed by atoms with E-state index in [9.17, 15) is 0 Å². The fourth-order valence-electron chi connectivity index (χ4n) is 2.17. The van der Waals surface area contributed by atoms with Gasteiger partial charge in [0, 0.05) is 12.1 Å². The second-order valence-electron chi connectivity index (χ2n) is 3.92. The maximum absolute atomic E-state index is 9.17. The predicted molar refractivity (Wildman–Crippen MR) is 61.2 cm³/mol. The topological polar surface area (TPSA) is 33.1 Å². The van der Waals surface area contributed by atoms with Crippen molar-refractivity contribution >= 4 is 11.6 Å². The lowest BCUT2D eigenvalue weighted by molar-refractivity contribution is 0.438. The van der Waals surface area contributed by atoms with E-state index in [4.69, 9.17) is 16.7 Å². The molecule has 0 aliphatic heterocycles. The molecular formula is C12H14ClNO. The highest BCUT2D eigenvalue weighted by Crippen LogP contribution is 2.36. The molecule has 0 radical (unpaired) electrons. The normalized spacial score (nSPS) is 24.3. The number of rotatable bonds is 1. The molecule has 0 bridgehead atoms. The first-order valence-corrected chi connectivity index (χ1v) is 5.63. The van der Waals surface area contributed by atoms with Crippen LogP contribution in [0.15, 0.2) is 30.2 Å². The lowest BCUT2D eigenvalue weighted by atomic mass is 9.81. The Labute approximate surface area is 94.6 Å². The Bertz CT molecular complexity index is 358. The van der Waals surface area contributed by atoms with Crippen LogP contribution in [0.25, 0.3) is 0 Å². The van der Waals surface area contributed by atoms with Gasteiger partial charge in [-0.05, 0) is 36.5 Å². The Kier molecular flexibility index (Phi) is 3.27. The van der Waals surface area contributed by atoms with Crippen molar-refractivity contribution < 1.29 is 5.11 Å². The van der Waals surface area contributed by atoms with Gasteiger partial charge in [0.05, 0.1) is 6.26 Å². The number of allylic oxidation sites excluding steroid dienone is 1. The number of aliphatic hydroxyl groups excluding tert-OH is 1. The van der Waals surface area contributed by atoms with Crippen LogP contribution in [-0.2, 0) is 0 Å². The van der Waals surface area contributed by atoms with Gasteiger partial charge in [-0.2, -0.15) is 0 Å². The molecule has 1 heterocycles. The molecule has 15 heavy (non-hydrogen) atoms. The molecule has 2 nitrogen and oxygen atoms in total. The van der Waals surface area contributed by atoms with Gasteiger partial charge in [-0.1, -0.05) is 24.1 Å². The third kappa shape index (κ3) is 2.32. The molecule has 1 atom stereocenters. The summed E-state index contributed by atoms with van der Waals surface area (Å²) in [5.41, 5.74) is 2.27. The molecular weight excluding hydrogens is 210 g/mol. The Morgan fingerprint density at radius 3 is 2.93 bits per heavy atom. The van der Waals surface area contributed by atoms with Crippen LogP contribution < -0.4 is 0 Å². The smallest absolute Gasteiger partial charge is 0.129 e. The number of hydrogen-bond acceptors (Lipinski definition) is 2. The minimum Gasteiger partial charge on any atom is -0.516 e. The molecule has 1 aliphatic rings. The van der Waals surface area contributed by atoms with Crippen molar-refractivity contribution in [2.45, 2.75) is 31.6 Å². The van der Waals surface area contributed by atoms with Crippen LogP contribution in [-0.4, -0.2) is 10.1 Å². The monoisotopic (exact) mass is 223 g/mol. The molecule has 80 valence electrons. The van der Waals surface area contributed by atoms with Gasteiger partial charge in [-0.25, -0.2) is 4.98 Å². The molecule has 0 saturated heterocycles. The van der Waals surface area contributed by atoms with Crippen LogP contribution >= 0.6 is 11.6 Å². The maximum atomic E-state index is 9.17. The molecule has 1 fully saturated rings. The zero-order chi connectivity index (χ0) is 10.7. The Morgan fingerprint density at radius 1 is 1.40 bits per heavy atom. The van der Waals surface area contributed by atoms with E-state index >= 15 is 0 Å². The lowest BCUT2D eigenvalue weighted by Crippen LogP contribution is -2.08. The third-order valence-corrected chi connectivity index (χ3v) is 3.20. The molecule has 2 rings (SSSR count). The summed E-state index contributed by atoms with van der Waals surface area (Å²) in [6.45, 7) is 0. The molecule has 1 aromatic rings. The van der Waals surface area contributed by atoms with E-state index in [2.05, 4.69) is 4.98 Å². The predicted octanol–water partition coefficient (Wildman–Crippen LogP) is 3.83. The fraction of sp³-hybridized carbons (Fsp3) is 0.417. The molecule has 0 unspecified atom stereocenters. The molecule has 1 aliphatic carbocycles. The van der Waals surface area contributed by atoms with Crippen molar-refractivity contribution in [3.63, 3.8) is 0 Å². The first kappa shape index (κ1) is 10.5. The summed E-state index contributed by atoms with van der Waals surface area (Å²) in [6.07, 6.45) is 7.54. The van der Waals surface area contributed by atoms with Gasteiger partial charge in [-0.3, -0.25) is 0 Å². The third-order valence-electron chi connectivity index (χ3n) is 2.97. The van der Waals surface area contributed by atoms with Crippen molar-refractivity contribution in [1.82, 2.24) is 4.98 Å². The van der Waals surface area contributed by atoms with E-state index in [1.54, 1.807) is 6.07 Å². The van der Waals surface area contributed by atoms with Gasteiger partial charge in [0.15, 0.2) is 0 Å². The summed E-state index contributed by atoms with van der Waals surface area (Å²) in [4.78, 5) is 4.08. The fourth-order valence-corrected chi connectivity index (χ4v) is 2.28. The summed E-state index contributed by atoms with van der Waals surface area (Å²) < 4.78 is 0. The molecule has 0 aromatic carbocycles. The maximum Gasteiger partial charge on any atom is 0.129 e. The second kappa shape index (κ2) is 4.67. The highest BCUT2D eigenvalue weighted by atomic mass is 35.5. The van der Waals surface area contributed by atoms with Crippen molar-refractivity contribution in [1.29, 1.82) is 0 Å². The molecule has 1 N–H and O–H groups in total. The Morgan fingerprint density at radius 2 is 2.27 bits per heavy atom. The van der Waals surface area contributed by atoms with Crippen LogP contribution in [0.2, 0.25) is 5.15 Å². The lowest BCUT2D eigenvalue weighted by Gasteiger charge is -2.24. The SMILES string of the molecule is O/C=C1\CCCC[C@@H]1c1ccc(Cl)nc1. The van der Waals surface area contributed by atoms with Gasteiger partial charge >= 0.3 is 0 Å². The number of aromatic nitrogens is 1. The summed E-state index contributed by atoms with van der Waals surface area (Å²) in [7, 11) is 0. The van der Waals surface area contributed by atoms with Crippen LogP contribution in [0, 0.1) is 0 Å². The molecule has 0 spiro atoms. The largest absolute Gasteiger partial charge is 0.516 e. The van der Waals surface area contributed by atoms with E-state index in [-0.39, 0.29) is 0 Å². The Balaban J connectivity index is 2.24. The number of aliphatic hydroxyl groups is 1. The van der Waals surface area contributed by atoms with Gasteiger partial charge in [0.2, 0.25) is 0 Å². The number of hydrogen-bond donors (Lipinski definition) is 1. The highest BCUT2D eigenvalue weighted by molar-refractivity contribution is 6.29. The number of halogens is 1. The highest BCUT2D eigenvalue weighted by Gasteiger charge is 2.20. The quantitative estimate of drug-likeness (QED) is 0.580. The van der Waals surface area contributed by atoms with Gasteiger partial charge < -0.3 is 5.11 Å². The summed E-state index contributed by atoms with van der Waals surface area (Å²) in [5, 5.41) is 9.69. The summed E-state index contributed by atoms with van der Waals surface area (Å²) >= 11 is 5.75. The van der Waals surface area contributed by atoms with Crippen molar-refractivity contribution in [3.8, 4) is 0 Å². The van der Waals surface area contributed by atoms with E-state index in [0.717, 1.165) is 24.0 Å². The van der Waals surface area contributed by atoms with E-state index in [0.29, 0.717) is 11.1 Å². The Hall–Kier alpha value is -1.02. The minimum atomic E-state index is 0.327. The zero-order valence-corrected chi connectivity index (χ0v) is 9.24. The van der Waals surface area contributed by atoms with Crippen molar-refractivity contribution in [3.05, 3.63) is 40.9 Å². The zero-order valence-electron chi connectivity index (χ0n) is 8.49. The molecule has 1 saturated carbocycles. The molecule has 1 aromatic heterocycles. The van der Waals surface area contributed by atoms with Gasteiger partial charge in [0.25, 0.3) is 0 Å². The minimum absolute atomic E-state index is 0.327. The molecule has 3 heteroatoms. The molecule has 0 amide bonds. The van der Waals surface area contributed by atoms with Crippen molar-refractivity contribution in [2.24, 2.45) is 0 Å². The second-order valence-corrected chi connectivity index (χ2v) is 4.30. The van der Waals surface area contributed by atoms with E-state index < -0.39 is 0 Å². The van der Waals surface area contributed by atoms with E-state index in [1.165, 1.54) is 19.1 Å². The average Bonchev–Trinajstić information content (AvgIpc) is 2.30. The van der Waals surface area contributed by atoms with Gasteiger partial charge in [0.1, 0.15) is 5.15 Å². The van der Waals surface area contributed by atoms with Crippen LogP contribution in [0.3, 0.4) is 0 Å². The van der Waals surface area contributed by atoms with Crippen LogP contribution in [0.1, 0.15) is 37.2 Å². The van der Waals surface area contributed by atoms with Crippen molar-refractivity contribution in [2.75, 3.05) is 0 Å². The van der Waals surface area contributed by atoms with Crippen LogP contribution in [0.4, 0.5) is 0 Å². The standard InChI is InChI=1S/C12H14ClNO/c13-12-6-5-9(7-14-12)11-4-2-1-3-10(11)8-15/h5-8,11,15H,1-4H2/b10-8+/t11-/m1/s1. The first-order chi connectivity index (χ1) is 7.31. The average molecular weight is 224 g/mol. The van der Waals surface area contributed by atoms with Crippen LogP contribution in [0.5, 0.6) is 0 Å². The number of nitrogens with zero attached hydrogens (tertiary/aromatic N) is 1. The van der Waals surface area contributed by atoms with E-state index in [1.807, 2.05) is 12.3 Å². The first-order valence-electron chi connectivity index (χ1n) is 5.26. The summed E-state index contributed by atoms with van der Waals surface area (Å²) in [5.74, 6) is 0.327. The number of pyridine rings is 1.